The Hall–Kier alpha value is -2.61. The number of guanidine groups is 1. The Kier molecular flexibility index (Phi) is 8.74. The third kappa shape index (κ3) is 6.84. The van der Waals surface area contributed by atoms with Crippen molar-refractivity contribution in [1.82, 2.24) is 10.3 Å². The molecule has 0 bridgehead atoms. The molecule has 28 heavy (non-hydrogen) atoms. The van der Waals surface area contributed by atoms with Crippen LogP contribution in [0.3, 0.4) is 0 Å². The van der Waals surface area contributed by atoms with Gasteiger partial charge in [0.25, 0.3) is 0 Å². The third-order valence-electron chi connectivity index (χ3n) is 4.05. The first kappa shape index (κ1) is 21.7. The van der Waals surface area contributed by atoms with Crippen molar-refractivity contribution in [2.75, 3.05) is 6.54 Å². The number of aliphatic imine (C=N–C) groups is 1. The summed E-state index contributed by atoms with van der Waals surface area (Å²) in [7, 11) is 0. The molecule has 6 heteroatoms. The highest BCUT2D eigenvalue weighted by Crippen LogP contribution is 2.26. The second kappa shape index (κ2) is 11.3. The Bertz CT molecular complexity index is 883. The lowest BCUT2D eigenvalue weighted by Crippen LogP contribution is -2.33. The van der Waals surface area contributed by atoms with Gasteiger partial charge in [0.2, 0.25) is 0 Å². The quantitative estimate of drug-likeness (QED) is 0.293. The molecule has 0 amide bonds. The van der Waals surface area contributed by atoms with E-state index in [-0.39, 0.29) is 24.0 Å². The highest BCUT2D eigenvalue weighted by molar-refractivity contribution is 14.0. The summed E-state index contributed by atoms with van der Waals surface area (Å²) in [5, 5.41) is 3.12. The summed E-state index contributed by atoms with van der Waals surface area (Å²) in [5.74, 6) is 2.00. The minimum absolute atomic E-state index is 0. The van der Waals surface area contributed by atoms with Gasteiger partial charge in [0.15, 0.2) is 5.96 Å². The fraction of sp³-hybridized carbons (Fsp3) is 0.182. The lowest BCUT2D eigenvalue weighted by molar-refractivity contribution is 0.476. The van der Waals surface area contributed by atoms with Crippen LogP contribution < -0.4 is 15.8 Å². The van der Waals surface area contributed by atoms with E-state index in [1.807, 2.05) is 66.7 Å². The summed E-state index contributed by atoms with van der Waals surface area (Å²) in [6.07, 6.45) is 2.59. The molecule has 0 aliphatic carbocycles. The molecule has 0 spiro atoms. The Morgan fingerprint density at radius 2 is 1.79 bits per heavy atom. The molecule has 2 aromatic carbocycles. The Morgan fingerprint density at radius 1 is 1.04 bits per heavy atom. The first-order valence-electron chi connectivity index (χ1n) is 8.97. The van der Waals surface area contributed by atoms with Crippen molar-refractivity contribution in [1.29, 1.82) is 0 Å². The van der Waals surface area contributed by atoms with E-state index in [2.05, 4.69) is 22.2 Å². The number of para-hydroxylation sites is 1. The second-order valence-electron chi connectivity index (χ2n) is 6.22. The highest BCUT2D eigenvalue weighted by Gasteiger charge is 2.04. The van der Waals surface area contributed by atoms with Gasteiger partial charge >= 0.3 is 0 Å². The average Bonchev–Trinajstić information content (AvgIpc) is 2.70. The minimum Gasteiger partial charge on any atom is -0.457 e. The molecule has 0 aliphatic heterocycles. The van der Waals surface area contributed by atoms with Gasteiger partial charge in [-0.15, -0.1) is 24.0 Å². The molecule has 0 saturated heterocycles. The third-order valence-corrected chi connectivity index (χ3v) is 4.05. The molecule has 0 atom stereocenters. The zero-order valence-corrected chi connectivity index (χ0v) is 18.2. The van der Waals surface area contributed by atoms with Gasteiger partial charge in [0.05, 0.1) is 6.54 Å². The lowest BCUT2D eigenvalue weighted by Gasteiger charge is -2.11. The predicted molar refractivity (Wildman–Crippen MR) is 124 cm³/mol. The number of rotatable bonds is 7. The van der Waals surface area contributed by atoms with Crippen LogP contribution in [0.15, 0.2) is 77.9 Å². The van der Waals surface area contributed by atoms with Crippen LogP contribution in [0.4, 0.5) is 0 Å². The van der Waals surface area contributed by atoms with Crippen LogP contribution in [0, 0.1) is 6.92 Å². The predicted octanol–water partition coefficient (Wildman–Crippen LogP) is 4.45. The maximum absolute atomic E-state index is 6.00. The van der Waals surface area contributed by atoms with Crippen LogP contribution in [-0.2, 0) is 13.0 Å². The van der Waals surface area contributed by atoms with Crippen molar-refractivity contribution in [3.8, 4) is 11.5 Å². The fourth-order valence-corrected chi connectivity index (χ4v) is 2.56. The molecule has 3 rings (SSSR count). The van der Waals surface area contributed by atoms with Crippen molar-refractivity contribution in [2.24, 2.45) is 10.7 Å². The smallest absolute Gasteiger partial charge is 0.188 e. The van der Waals surface area contributed by atoms with E-state index in [4.69, 9.17) is 10.5 Å². The number of nitrogens with two attached hydrogens (primary N) is 1. The van der Waals surface area contributed by atoms with Crippen molar-refractivity contribution in [2.45, 2.75) is 19.9 Å². The molecule has 1 heterocycles. The summed E-state index contributed by atoms with van der Waals surface area (Å²) < 4.78 is 6.00. The Morgan fingerprint density at radius 3 is 2.54 bits per heavy atom. The van der Waals surface area contributed by atoms with Gasteiger partial charge in [-0.1, -0.05) is 42.0 Å². The van der Waals surface area contributed by atoms with Crippen LogP contribution in [0.25, 0.3) is 0 Å². The molecule has 146 valence electrons. The first-order chi connectivity index (χ1) is 13.2. The van der Waals surface area contributed by atoms with E-state index in [9.17, 15) is 0 Å². The SMILES string of the molecule is Cc1ccc(Oc2ccccc2CN=C(N)NCCc2ccccn2)cc1.I. The minimum atomic E-state index is 0. The van der Waals surface area contributed by atoms with Crippen molar-refractivity contribution in [3.05, 3.63) is 89.7 Å². The van der Waals surface area contributed by atoms with Crippen LogP contribution in [0.1, 0.15) is 16.8 Å². The maximum Gasteiger partial charge on any atom is 0.188 e. The molecule has 0 radical (unpaired) electrons. The number of benzene rings is 2. The zero-order valence-electron chi connectivity index (χ0n) is 15.8. The van der Waals surface area contributed by atoms with Crippen molar-refractivity contribution < 1.29 is 4.74 Å². The normalized spacial score (nSPS) is 10.8. The van der Waals surface area contributed by atoms with Crippen LogP contribution in [-0.4, -0.2) is 17.5 Å². The van der Waals surface area contributed by atoms with E-state index in [1.54, 1.807) is 6.20 Å². The van der Waals surface area contributed by atoms with Gasteiger partial charge in [-0.2, -0.15) is 0 Å². The summed E-state index contributed by atoms with van der Waals surface area (Å²) in [5.41, 5.74) is 9.18. The monoisotopic (exact) mass is 488 g/mol. The maximum atomic E-state index is 6.00. The molecule has 5 nitrogen and oxygen atoms in total. The van der Waals surface area contributed by atoms with Gasteiger partial charge in [0.1, 0.15) is 11.5 Å². The van der Waals surface area contributed by atoms with E-state index in [1.165, 1.54) is 5.56 Å². The number of aryl methyl sites for hydroxylation is 1. The molecule has 0 fully saturated rings. The molecule has 3 aromatic rings. The molecule has 0 aliphatic rings. The molecular formula is C22H25IN4O. The van der Waals surface area contributed by atoms with E-state index < -0.39 is 0 Å². The molecule has 0 saturated carbocycles. The van der Waals surface area contributed by atoms with Gasteiger partial charge in [-0.05, 0) is 37.3 Å². The van der Waals surface area contributed by atoms with Gasteiger partial charge in [-0.25, -0.2) is 4.99 Å². The molecule has 1 aromatic heterocycles. The number of pyridine rings is 1. The number of hydrogen-bond acceptors (Lipinski definition) is 3. The van der Waals surface area contributed by atoms with Gasteiger partial charge < -0.3 is 15.8 Å². The van der Waals surface area contributed by atoms with Gasteiger partial charge in [-0.3, -0.25) is 4.98 Å². The second-order valence-corrected chi connectivity index (χ2v) is 6.22. The topological polar surface area (TPSA) is 72.5 Å². The van der Waals surface area contributed by atoms with Gasteiger partial charge in [0, 0.05) is 30.4 Å². The molecule has 3 N–H and O–H groups in total. The Balaban J connectivity index is 0.00000280. The summed E-state index contributed by atoms with van der Waals surface area (Å²) in [4.78, 5) is 8.71. The van der Waals surface area contributed by atoms with Crippen molar-refractivity contribution >= 4 is 29.9 Å². The van der Waals surface area contributed by atoms with E-state index >= 15 is 0 Å². The molecule has 0 unspecified atom stereocenters. The average molecular weight is 488 g/mol. The highest BCUT2D eigenvalue weighted by atomic mass is 127. The summed E-state index contributed by atoms with van der Waals surface area (Å²) >= 11 is 0. The van der Waals surface area contributed by atoms with Crippen molar-refractivity contribution in [3.63, 3.8) is 0 Å². The first-order valence-corrected chi connectivity index (χ1v) is 8.97. The summed E-state index contributed by atoms with van der Waals surface area (Å²) in [6.45, 7) is 3.19. The van der Waals surface area contributed by atoms with Crippen LogP contribution >= 0.6 is 24.0 Å². The molecular weight excluding hydrogens is 463 g/mol. The van der Waals surface area contributed by atoms with E-state index in [0.717, 1.165) is 29.2 Å². The lowest BCUT2D eigenvalue weighted by atomic mass is 10.2. The number of nitrogens with one attached hydrogen (secondary N) is 1. The number of halogens is 1. The Labute approximate surface area is 183 Å². The number of hydrogen-bond donors (Lipinski definition) is 2. The standard InChI is InChI=1S/C22H24N4O.HI/c1-17-9-11-20(12-10-17)27-21-8-3-2-6-18(21)16-26-22(23)25-15-13-19-7-4-5-14-24-19;/h2-12,14H,13,15-16H2,1H3,(H3,23,25,26);1H. The summed E-state index contributed by atoms with van der Waals surface area (Å²) in [6, 6.07) is 21.7. The number of nitrogens with zero attached hydrogens (tertiary/aromatic N) is 2. The number of ether oxygens (including phenoxy) is 1. The van der Waals surface area contributed by atoms with Crippen LogP contribution in [0.5, 0.6) is 11.5 Å². The van der Waals surface area contributed by atoms with Crippen LogP contribution in [0.2, 0.25) is 0 Å². The zero-order chi connectivity index (χ0) is 18.9. The van der Waals surface area contributed by atoms with E-state index in [0.29, 0.717) is 19.0 Å². The fourth-order valence-electron chi connectivity index (χ4n) is 2.56. The largest absolute Gasteiger partial charge is 0.457 e. The number of aromatic nitrogens is 1.